The number of nitrogens with one attached hydrogen (secondary N) is 1. The van der Waals surface area contributed by atoms with Crippen LogP contribution in [0, 0.1) is 6.92 Å². The Morgan fingerprint density at radius 3 is 2.56 bits per heavy atom. The molecule has 1 N–H and O–H groups in total. The molecule has 0 aliphatic carbocycles. The lowest BCUT2D eigenvalue weighted by Gasteiger charge is -2.18. The van der Waals surface area contributed by atoms with E-state index in [-0.39, 0.29) is 11.8 Å². The second-order valence-corrected chi connectivity index (χ2v) is 7.20. The minimum absolute atomic E-state index is 0.0304. The van der Waals surface area contributed by atoms with Crippen LogP contribution in [0.4, 0.5) is 0 Å². The van der Waals surface area contributed by atoms with Crippen LogP contribution in [0.25, 0.3) is 0 Å². The molecule has 0 saturated heterocycles. The van der Waals surface area contributed by atoms with E-state index in [0.717, 1.165) is 22.7 Å². The van der Waals surface area contributed by atoms with Gasteiger partial charge in [0.05, 0.1) is 5.75 Å². The highest BCUT2D eigenvalue weighted by Crippen LogP contribution is 2.23. The van der Waals surface area contributed by atoms with Gasteiger partial charge >= 0.3 is 0 Å². The average Bonchev–Trinajstić information content (AvgIpc) is 2.27. The molecular formula is C13H20ClNO2S. The van der Waals surface area contributed by atoms with Gasteiger partial charge in [0.15, 0.2) is 0 Å². The Morgan fingerprint density at radius 1 is 1.39 bits per heavy atom. The normalized spacial score (nSPS) is 13.6. The highest BCUT2D eigenvalue weighted by Gasteiger charge is 2.14. The molecule has 0 saturated carbocycles. The smallest absolute Gasteiger partial charge is 0.147 e. The van der Waals surface area contributed by atoms with Gasteiger partial charge in [-0.3, -0.25) is 0 Å². The number of rotatable bonds is 6. The van der Waals surface area contributed by atoms with Crippen LogP contribution in [0.2, 0.25) is 5.02 Å². The van der Waals surface area contributed by atoms with E-state index in [2.05, 4.69) is 5.32 Å². The molecule has 1 atom stereocenters. The van der Waals surface area contributed by atoms with Crippen molar-refractivity contribution in [2.24, 2.45) is 0 Å². The summed E-state index contributed by atoms with van der Waals surface area (Å²) in [5.74, 6) is 0.177. The molecule has 102 valence electrons. The summed E-state index contributed by atoms with van der Waals surface area (Å²) in [4.78, 5) is 0. The minimum atomic E-state index is -2.94. The van der Waals surface area contributed by atoms with E-state index in [0.29, 0.717) is 6.42 Å². The van der Waals surface area contributed by atoms with Gasteiger partial charge in [-0.2, -0.15) is 0 Å². The monoisotopic (exact) mass is 289 g/mol. The minimum Gasteiger partial charge on any atom is -0.310 e. The molecule has 1 rings (SSSR count). The SMILES string of the molecule is CCNC(CCS(C)(=O)=O)c1ccc(C)c(Cl)c1. The first kappa shape index (κ1) is 15.5. The Kier molecular flexibility index (Phi) is 5.63. The molecule has 1 aromatic carbocycles. The molecule has 0 aliphatic heterocycles. The van der Waals surface area contributed by atoms with Crippen LogP contribution < -0.4 is 5.32 Å². The molecule has 18 heavy (non-hydrogen) atoms. The maximum Gasteiger partial charge on any atom is 0.147 e. The Labute approximate surface area is 114 Å². The second-order valence-electron chi connectivity index (χ2n) is 4.54. The fraction of sp³-hybridized carbons (Fsp3) is 0.538. The summed E-state index contributed by atoms with van der Waals surface area (Å²) in [6, 6.07) is 5.90. The molecule has 3 nitrogen and oxygen atoms in total. The molecule has 0 aromatic heterocycles. The zero-order valence-corrected chi connectivity index (χ0v) is 12.6. The molecule has 1 aromatic rings. The summed E-state index contributed by atoms with van der Waals surface area (Å²) in [5.41, 5.74) is 2.06. The van der Waals surface area contributed by atoms with Gasteiger partial charge in [-0.25, -0.2) is 8.42 Å². The predicted molar refractivity (Wildman–Crippen MR) is 76.9 cm³/mol. The van der Waals surface area contributed by atoms with Crippen LogP contribution >= 0.6 is 11.6 Å². The van der Waals surface area contributed by atoms with Crippen molar-refractivity contribution in [1.82, 2.24) is 5.32 Å². The van der Waals surface area contributed by atoms with Gasteiger partial charge in [0.2, 0.25) is 0 Å². The molecule has 0 heterocycles. The largest absolute Gasteiger partial charge is 0.310 e. The lowest BCUT2D eigenvalue weighted by molar-refractivity contribution is 0.530. The van der Waals surface area contributed by atoms with Crippen molar-refractivity contribution < 1.29 is 8.42 Å². The van der Waals surface area contributed by atoms with Crippen molar-refractivity contribution >= 4 is 21.4 Å². The maximum absolute atomic E-state index is 11.2. The van der Waals surface area contributed by atoms with Crippen molar-refractivity contribution in [3.05, 3.63) is 34.3 Å². The van der Waals surface area contributed by atoms with Gasteiger partial charge in [-0.1, -0.05) is 30.7 Å². The van der Waals surface area contributed by atoms with E-state index in [9.17, 15) is 8.42 Å². The third kappa shape index (κ3) is 4.96. The molecule has 0 fully saturated rings. The van der Waals surface area contributed by atoms with Crippen LogP contribution in [0.1, 0.15) is 30.5 Å². The third-order valence-electron chi connectivity index (χ3n) is 2.83. The molecular weight excluding hydrogens is 270 g/mol. The summed E-state index contributed by atoms with van der Waals surface area (Å²) >= 11 is 6.10. The van der Waals surface area contributed by atoms with Gasteiger partial charge in [-0.15, -0.1) is 0 Å². The standard InChI is InChI=1S/C13H20ClNO2S/c1-4-15-13(7-8-18(3,16)17)11-6-5-10(2)12(14)9-11/h5-6,9,13,15H,4,7-8H2,1-3H3. The molecule has 0 aliphatic rings. The van der Waals surface area contributed by atoms with Crippen LogP contribution in [0.3, 0.4) is 0 Å². The van der Waals surface area contributed by atoms with Crippen molar-refractivity contribution in [3.63, 3.8) is 0 Å². The Morgan fingerprint density at radius 2 is 2.06 bits per heavy atom. The van der Waals surface area contributed by atoms with Crippen molar-refractivity contribution in [1.29, 1.82) is 0 Å². The van der Waals surface area contributed by atoms with Gasteiger partial charge in [0, 0.05) is 17.3 Å². The number of hydrogen-bond acceptors (Lipinski definition) is 3. The van der Waals surface area contributed by atoms with E-state index in [4.69, 9.17) is 11.6 Å². The molecule has 0 bridgehead atoms. The first-order valence-electron chi connectivity index (χ1n) is 6.00. The first-order chi connectivity index (χ1) is 8.33. The number of halogens is 1. The van der Waals surface area contributed by atoms with Gasteiger partial charge in [0.25, 0.3) is 0 Å². The van der Waals surface area contributed by atoms with Crippen molar-refractivity contribution in [3.8, 4) is 0 Å². The maximum atomic E-state index is 11.2. The molecule has 0 amide bonds. The lowest BCUT2D eigenvalue weighted by atomic mass is 10.0. The summed E-state index contributed by atoms with van der Waals surface area (Å²) < 4.78 is 22.5. The zero-order chi connectivity index (χ0) is 13.8. The topological polar surface area (TPSA) is 46.2 Å². The predicted octanol–water partition coefficient (Wildman–Crippen LogP) is 2.73. The highest BCUT2D eigenvalue weighted by atomic mass is 35.5. The number of hydrogen-bond donors (Lipinski definition) is 1. The summed E-state index contributed by atoms with van der Waals surface area (Å²) in [6.07, 6.45) is 1.82. The summed E-state index contributed by atoms with van der Waals surface area (Å²) in [5, 5.41) is 4.01. The zero-order valence-electron chi connectivity index (χ0n) is 11.0. The second kappa shape index (κ2) is 6.55. The van der Waals surface area contributed by atoms with Crippen molar-refractivity contribution in [2.45, 2.75) is 26.3 Å². The van der Waals surface area contributed by atoms with Gasteiger partial charge in [0.1, 0.15) is 9.84 Å². The summed E-state index contributed by atoms with van der Waals surface area (Å²) in [7, 11) is -2.94. The highest BCUT2D eigenvalue weighted by molar-refractivity contribution is 7.90. The first-order valence-corrected chi connectivity index (χ1v) is 8.44. The van der Waals surface area contributed by atoms with Crippen LogP contribution in [0.5, 0.6) is 0 Å². The van der Waals surface area contributed by atoms with E-state index in [1.807, 2.05) is 32.0 Å². The van der Waals surface area contributed by atoms with E-state index < -0.39 is 9.84 Å². The Hall–Kier alpha value is -0.580. The average molecular weight is 290 g/mol. The van der Waals surface area contributed by atoms with Gasteiger partial charge in [-0.05, 0) is 37.1 Å². The summed E-state index contributed by atoms with van der Waals surface area (Å²) in [6.45, 7) is 4.74. The fourth-order valence-electron chi connectivity index (χ4n) is 1.79. The molecule has 1 unspecified atom stereocenters. The third-order valence-corrected chi connectivity index (χ3v) is 4.21. The number of sulfone groups is 1. The molecule has 0 spiro atoms. The Balaban J connectivity index is 2.86. The fourth-order valence-corrected chi connectivity index (χ4v) is 2.64. The lowest BCUT2D eigenvalue weighted by Crippen LogP contribution is -2.23. The molecule has 0 radical (unpaired) electrons. The van der Waals surface area contributed by atoms with Crippen LogP contribution in [0.15, 0.2) is 18.2 Å². The number of benzene rings is 1. The van der Waals surface area contributed by atoms with Crippen molar-refractivity contribution in [2.75, 3.05) is 18.6 Å². The van der Waals surface area contributed by atoms with Crippen LogP contribution in [-0.2, 0) is 9.84 Å². The van der Waals surface area contributed by atoms with Crippen LogP contribution in [-0.4, -0.2) is 27.0 Å². The van der Waals surface area contributed by atoms with E-state index in [1.54, 1.807) is 0 Å². The number of aryl methyl sites for hydroxylation is 1. The van der Waals surface area contributed by atoms with Gasteiger partial charge < -0.3 is 5.32 Å². The quantitative estimate of drug-likeness (QED) is 0.876. The van der Waals surface area contributed by atoms with E-state index >= 15 is 0 Å². The van der Waals surface area contributed by atoms with E-state index in [1.165, 1.54) is 6.26 Å². The molecule has 5 heteroatoms. The Bertz CT molecular complexity index is 500.